The summed E-state index contributed by atoms with van der Waals surface area (Å²) >= 11 is 4.79. The van der Waals surface area contributed by atoms with E-state index in [1.807, 2.05) is 60.7 Å². The van der Waals surface area contributed by atoms with Crippen molar-refractivity contribution < 1.29 is 0 Å². The molecule has 0 aliphatic carbocycles. The van der Waals surface area contributed by atoms with E-state index in [1.54, 1.807) is 4.57 Å². The van der Waals surface area contributed by atoms with Crippen LogP contribution in [0.25, 0.3) is 11.6 Å². The van der Waals surface area contributed by atoms with Crippen LogP contribution in [0, 0.1) is 11.3 Å². The molecule has 0 amide bonds. The minimum atomic E-state index is -0.116. The third-order valence-electron chi connectivity index (χ3n) is 5.92. The van der Waals surface area contributed by atoms with Gasteiger partial charge in [-0.3, -0.25) is 9.36 Å². The van der Waals surface area contributed by atoms with E-state index in [1.165, 1.54) is 11.3 Å². The van der Waals surface area contributed by atoms with E-state index < -0.39 is 0 Å². The number of nitriles is 1. The Labute approximate surface area is 209 Å². The number of aryl methyl sites for hydroxylation is 1. The second-order valence-corrected chi connectivity index (χ2v) is 10.2. The first-order valence-corrected chi connectivity index (χ1v) is 12.8. The molecule has 0 saturated carbocycles. The quantitative estimate of drug-likeness (QED) is 0.403. The summed E-state index contributed by atoms with van der Waals surface area (Å²) in [6, 6.07) is 20.0. The molecule has 34 heavy (non-hydrogen) atoms. The van der Waals surface area contributed by atoms with E-state index in [4.69, 9.17) is 0 Å². The van der Waals surface area contributed by atoms with Crippen LogP contribution in [-0.4, -0.2) is 19.3 Å². The lowest BCUT2D eigenvalue weighted by atomic mass is 10.2. The topological polar surface area (TPSA) is 76.5 Å². The zero-order valence-electron chi connectivity index (χ0n) is 18.4. The molecule has 0 saturated heterocycles. The molecule has 0 N–H and O–H groups in total. The number of rotatable bonds is 4. The molecular weight excluding hydrogens is 510 g/mol. The van der Waals surface area contributed by atoms with E-state index in [0.717, 1.165) is 53.7 Å². The van der Waals surface area contributed by atoms with Crippen molar-refractivity contribution in [2.45, 2.75) is 38.8 Å². The Hall–Kier alpha value is -3.28. The van der Waals surface area contributed by atoms with Gasteiger partial charge in [0.05, 0.1) is 11.1 Å². The average Bonchev–Trinajstić information content (AvgIpc) is 3.27. The summed E-state index contributed by atoms with van der Waals surface area (Å²) in [6.45, 7) is 1.17. The molecule has 8 heteroatoms. The molecule has 170 valence electrons. The number of fused-ring (bicyclic) bond motifs is 1. The molecule has 0 bridgehead atoms. The van der Waals surface area contributed by atoms with Crippen LogP contribution in [0.1, 0.15) is 42.0 Å². The maximum atomic E-state index is 13.6. The molecule has 5 rings (SSSR count). The van der Waals surface area contributed by atoms with E-state index in [0.29, 0.717) is 27.1 Å². The van der Waals surface area contributed by atoms with Crippen LogP contribution in [0.4, 0.5) is 0 Å². The Kier molecular flexibility index (Phi) is 6.57. The highest BCUT2D eigenvalue weighted by molar-refractivity contribution is 9.10. The Morgan fingerprint density at radius 1 is 1.09 bits per heavy atom. The van der Waals surface area contributed by atoms with Gasteiger partial charge < -0.3 is 4.57 Å². The average molecular weight is 532 g/mol. The molecule has 2 aromatic carbocycles. The Morgan fingerprint density at radius 2 is 1.88 bits per heavy atom. The highest BCUT2D eigenvalue weighted by Crippen LogP contribution is 2.18. The SMILES string of the molecule is N#C/C(c1nnc2n1CCCCC2)=c1/s/c(=C/c2ccc(Br)cc2)c(=O)n1Cc1ccccc1. The number of hydrogen-bond acceptors (Lipinski definition) is 5. The summed E-state index contributed by atoms with van der Waals surface area (Å²) in [4.78, 5) is 13.6. The molecule has 4 aromatic rings. The molecule has 0 unspecified atom stereocenters. The van der Waals surface area contributed by atoms with Crippen molar-refractivity contribution >= 4 is 38.9 Å². The molecule has 1 aliphatic heterocycles. The van der Waals surface area contributed by atoms with Gasteiger partial charge in [-0.1, -0.05) is 64.8 Å². The number of benzene rings is 2. The summed E-state index contributed by atoms with van der Waals surface area (Å²) < 4.78 is 5.92. The maximum Gasteiger partial charge on any atom is 0.269 e. The van der Waals surface area contributed by atoms with Crippen LogP contribution < -0.4 is 14.8 Å². The van der Waals surface area contributed by atoms with Gasteiger partial charge in [-0.05, 0) is 42.2 Å². The van der Waals surface area contributed by atoms with Gasteiger partial charge in [0.25, 0.3) is 5.56 Å². The van der Waals surface area contributed by atoms with Crippen molar-refractivity contribution in [3.8, 4) is 6.07 Å². The Morgan fingerprint density at radius 3 is 2.65 bits per heavy atom. The summed E-state index contributed by atoms with van der Waals surface area (Å²) in [5, 5.41) is 19.0. The van der Waals surface area contributed by atoms with Gasteiger partial charge >= 0.3 is 0 Å². The maximum absolute atomic E-state index is 13.6. The number of halogens is 1. The second-order valence-electron chi connectivity index (χ2n) is 8.23. The minimum Gasteiger partial charge on any atom is -0.310 e. The van der Waals surface area contributed by atoms with Gasteiger partial charge in [0, 0.05) is 17.4 Å². The van der Waals surface area contributed by atoms with Crippen molar-refractivity contribution in [1.82, 2.24) is 19.3 Å². The number of aromatic nitrogens is 4. The van der Waals surface area contributed by atoms with Crippen molar-refractivity contribution in [2.24, 2.45) is 0 Å². The van der Waals surface area contributed by atoms with Gasteiger partial charge in [0.15, 0.2) is 5.82 Å². The monoisotopic (exact) mass is 531 g/mol. The fourth-order valence-electron chi connectivity index (χ4n) is 4.19. The van der Waals surface area contributed by atoms with Crippen molar-refractivity contribution in [3.05, 3.63) is 101 Å². The predicted molar refractivity (Wildman–Crippen MR) is 137 cm³/mol. The van der Waals surface area contributed by atoms with Gasteiger partial charge in [-0.2, -0.15) is 5.26 Å². The lowest BCUT2D eigenvalue weighted by Gasteiger charge is -2.07. The lowest BCUT2D eigenvalue weighted by molar-refractivity contribution is 0.626. The van der Waals surface area contributed by atoms with Gasteiger partial charge in [0.2, 0.25) is 0 Å². The third kappa shape index (κ3) is 4.54. The van der Waals surface area contributed by atoms with Crippen LogP contribution in [0.15, 0.2) is 63.9 Å². The highest BCUT2D eigenvalue weighted by Gasteiger charge is 2.20. The smallest absolute Gasteiger partial charge is 0.269 e. The molecule has 2 aromatic heterocycles. The normalized spacial score (nSPS) is 14.9. The van der Waals surface area contributed by atoms with Crippen LogP contribution in [0.3, 0.4) is 0 Å². The first kappa shape index (κ1) is 22.5. The molecule has 1 aliphatic rings. The van der Waals surface area contributed by atoms with Crippen LogP contribution in [0.2, 0.25) is 0 Å². The van der Waals surface area contributed by atoms with Crippen LogP contribution in [0.5, 0.6) is 0 Å². The van der Waals surface area contributed by atoms with Gasteiger partial charge in [-0.15, -0.1) is 21.5 Å². The number of nitrogens with zero attached hydrogens (tertiary/aromatic N) is 5. The van der Waals surface area contributed by atoms with Crippen molar-refractivity contribution in [2.75, 3.05) is 0 Å². The number of hydrogen-bond donors (Lipinski definition) is 0. The van der Waals surface area contributed by atoms with Gasteiger partial charge in [-0.25, -0.2) is 0 Å². The molecule has 0 fully saturated rings. The van der Waals surface area contributed by atoms with Crippen molar-refractivity contribution in [1.29, 1.82) is 5.26 Å². The fourth-order valence-corrected chi connectivity index (χ4v) is 5.55. The second kappa shape index (κ2) is 9.92. The molecule has 3 heterocycles. The highest BCUT2D eigenvalue weighted by atomic mass is 79.9. The molecule has 0 spiro atoms. The Balaban J connectivity index is 1.75. The zero-order chi connectivity index (χ0) is 23.5. The molecule has 0 atom stereocenters. The first-order chi connectivity index (χ1) is 16.6. The van der Waals surface area contributed by atoms with E-state index in [2.05, 4.69) is 36.8 Å². The first-order valence-electron chi connectivity index (χ1n) is 11.2. The number of thiazole rings is 1. The summed E-state index contributed by atoms with van der Waals surface area (Å²) in [5.74, 6) is 1.47. The molecule has 0 radical (unpaired) electrons. The standard InChI is InChI=1S/C26H22BrN5OS/c27-20-12-10-18(11-13-20)15-22-25(33)32(17-19-7-3-1-4-8-19)26(34-22)21(16-28)24-30-29-23-9-5-2-6-14-31(23)24/h1,3-4,7-8,10-13,15H,2,5-6,9,14,17H2/b22-15+,26-21-. The zero-order valence-corrected chi connectivity index (χ0v) is 20.8. The largest absolute Gasteiger partial charge is 0.310 e. The van der Waals surface area contributed by atoms with E-state index in [9.17, 15) is 10.1 Å². The molecule has 6 nitrogen and oxygen atoms in total. The fraction of sp³-hybridized carbons (Fsp3) is 0.231. The summed E-state index contributed by atoms with van der Waals surface area (Å²) in [5.41, 5.74) is 2.20. The summed E-state index contributed by atoms with van der Waals surface area (Å²) in [6.07, 6.45) is 5.97. The molecular formula is C26H22BrN5OS. The van der Waals surface area contributed by atoms with Crippen LogP contribution in [-0.2, 0) is 19.5 Å². The third-order valence-corrected chi connectivity index (χ3v) is 7.58. The van der Waals surface area contributed by atoms with E-state index in [-0.39, 0.29) is 5.56 Å². The predicted octanol–water partition coefficient (Wildman–Crippen LogP) is 3.59. The van der Waals surface area contributed by atoms with Crippen LogP contribution >= 0.6 is 27.3 Å². The Bertz CT molecular complexity index is 1540. The summed E-state index contributed by atoms with van der Waals surface area (Å²) in [7, 11) is 0. The lowest BCUT2D eigenvalue weighted by Crippen LogP contribution is -2.33. The van der Waals surface area contributed by atoms with Crippen molar-refractivity contribution in [3.63, 3.8) is 0 Å². The van der Waals surface area contributed by atoms with E-state index >= 15 is 0 Å². The van der Waals surface area contributed by atoms with Gasteiger partial charge in [0.1, 0.15) is 22.1 Å². The minimum absolute atomic E-state index is 0.116.